The lowest BCUT2D eigenvalue weighted by Gasteiger charge is -2.19. The van der Waals surface area contributed by atoms with Crippen molar-refractivity contribution in [3.63, 3.8) is 0 Å². The Hall–Kier alpha value is -1.21. The Bertz CT molecular complexity index is 879. The lowest BCUT2D eigenvalue weighted by molar-refractivity contribution is -0.161. The van der Waals surface area contributed by atoms with Gasteiger partial charge in [0.05, 0.1) is 13.2 Å². The van der Waals surface area contributed by atoms with E-state index in [0.29, 0.717) is 12.8 Å². The minimum atomic E-state index is -4.27. The second-order valence-corrected chi connectivity index (χ2v) is 16.5. The molecule has 0 aliphatic carbocycles. The first-order valence-corrected chi connectivity index (χ1v) is 24.0. The smallest absolute Gasteiger partial charge is 0.462 e. The Kier molecular flexibility index (Phi) is 39.5. The number of esters is 2. The van der Waals surface area contributed by atoms with Gasteiger partial charge in [-0.25, -0.2) is 4.57 Å². The first kappa shape index (κ1) is 51.8. The minimum Gasteiger partial charge on any atom is -0.462 e. The van der Waals surface area contributed by atoms with Crippen molar-refractivity contribution in [2.45, 2.75) is 239 Å². The molecule has 0 saturated heterocycles. The van der Waals surface area contributed by atoms with Gasteiger partial charge in [-0.05, 0) is 45.4 Å². The van der Waals surface area contributed by atoms with Crippen LogP contribution in [0.4, 0.5) is 0 Å². The van der Waals surface area contributed by atoms with E-state index in [1.54, 1.807) is 6.92 Å². The number of phosphoric acid groups is 1. The van der Waals surface area contributed by atoms with Crippen LogP contribution in [-0.4, -0.2) is 42.8 Å². The molecule has 0 aromatic heterocycles. The molecular formula is C44H85O8P. The Morgan fingerprint density at radius 1 is 0.491 bits per heavy atom. The zero-order valence-corrected chi connectivity index (χ0v) is 35.8. The maximum atomic E-state index is 12.6. The Balaban J connectivity index is 4.02. The minimum absolute atomic E-state index is 0.00338. The van der Waals surface area contributed by atoms with Crippen LogP contribution >= 0.6 is 7.82 Å². The van der Waals surface area contributed by atoms with Crippen LogP contribution in [0, 0.1) is 0 Å². The summed E-state index contributed by atoms with van der Waals surface area (Å²) in [6.45, 7) is 5.50. The molecule has 0 aliphatic heterocycles. The van der Waals surface area contributed by atoms with Crippen molar-refractivity contribution < 1.29 is 37.6 Å². The topological polar surface area (TPSA) is 108 Å². The lowest BCUT2D eigenvalue weighted by atomic mass is 10.0. The Morgan fingerprint density at radius 3 is 1.25 bits per heavy atom. The molecule has 0 bridgehead atoms. The normalized spacial score (nSPS) is 13.4. The van der Waals surface area contributed by atoms with Crippen LogP contribution in [0.3, 0.4) is 0 Å². The SMILES string of the molecule is CCCCCCCC/C=C\CCCCCCCCCCCC(=O)OC(COC(=O)CCCCCCCCCCCCCCCC)COP(=O)(O)OCC. The molecule has 1 N–H and O–H groups in total. The van der Waals surface area contributed by atoms with E-state index in [2.05, 4.69) is 26.0 Å². The molecule has 8 nitrogen and oxygen atoms in total. The van der Waals surface area contributed by atoms with Gasteiger partial charge in [-0.1, -0.05) is 187 Å². The largest absolute Gasteiger partial charge is 0.472 e. The van der Waals surface area contributed by atoms with E-state index in [9.17, 15) is 19.0 Å². The van der Waals surface area contributed by atoms with Gasteiger partial charge in [-0.3, -0.25) is 18.6 Å². The molecule has 314 valence electrons. The predicted molar refractivity (Wildman–Crippen MR) is 221 cm³/mol. The number of unbranched alkanes of at least 4 members (excludes halogenated alkanes) is 28. The highest BCUT2D eigenvalue weighted by Crippen LogP contribution is 2.43. The standard InChI is InChI=1S/C44H85O8P/c1-4-7-9-11-13-15-17-19-21-22-23-24-25-27-29-31-33-35-37-39-44(46)52-42(41-51-53(47,48)50-6-3)40-49-43(45)38-36-34-32-30-28-26-20-18-16-14-12-10-8-5-2/h19,21,42H,4-18,20,22-41H2,1-3H3,(H,47,48)/b21-19-. The van der Waals surface area contributed by atoms with Gasteiger partial charge in [0.2, 0.25) is 0 Å². The van der Waals surface area contributed by atoms with Crippen LogP contribution in [0.15, 0.2) is 12.2 Å². The fourth-order valence-electron chi connectivity index (χ4n) is 6.51. The number of carbonyl (C=O) groups excluding carboxylic acids is 2. The molecule has 2 unspecified atom stereocenters. The van der Waals surface area contributed by atoms with E-state index >= 15 is 0 Å². The second-order valence-electron chi connectivity index (χ2n) is 15.1. The third-order valence-electron chi connectivity index (χ3n) is 9.82. The Morgan fingerprint density at radius 2 is 0.849 bits per heavy atom. The maximum absolute atomic E-state index is 12.6. The number of hydrogen-bond donors (Lipinski definition) is 1. The first-order chi connectivity index (χ1) is 25.8. The van der Waals surface area contributed by atoms with Crippen molar-refractivity contribution in [3.8, 4) is 0 Å². The summed E-state index contributed by atoms with van der Waals surface area (Å²) < 4.78 is 32.7. The molecule has 0 aromatic carbocycles. The summed E-state index contributed by atoms with van der Waals surface area (Å²) in [7, 11) is -4.27. The van der Waals surface area contributed by atoms with Crippen molar-refractivity contribution in [1.29, 1.82) is 0 Å². The average Bonchev–Trinajstić information content (AvgIpc) is 3.13. The summed E-state index contributed by atoms with van der Waals surface area (Å²) in [5.41, 5.74) is 0. The highest BCUT2D eigenvalue weighted by atomic mass is 31.2. The third-order valence-corrected chi connectivity index (χ3v) is 10.9. The number of ether oxygens (including phenoxy) is 2. The Labute approximate surface area is 327 Å². The molecule has 0 rings (SSSR count). The number of carbonyl (C=O) groups is 2. The fraction of sp³-hybridized carbons (Fsp3) is 0.909. The molecule has 9 heteroatoms. The number of phosphoric ester groups is 1. The average molecular weight is 773 g/mol. The molecule has 0 aromatic rings. The zero-order chi connectivity index (χ0) is 38.9. The van der Waals surface area contributed by atoms with Crippen molar-refractivity contribution in [1.82, 2.24) is 0 Å². The number of allylic oxidation sites excluding steroid dienone is 2. The van der Waals surface area contributed by atoms with Gasteiger partial charge in [0.25, 0.3) is 0 Å². The van der Waals surface area contributed by atoms with Crippen molar-refractivity contribution in [2.75, 3.05) is 19.8 Å². The van der Waals surface area contributed by atoms with E-state index in [1.807, 2.05) is 0 Å². The summed E-state index contributed by atoms with van der Waals surface area (Å²) in [5, 5.41) is 0. The highest BCUT2D eigenvalue weighted by Gasteiger charge is 2.25. The molecule has 0 fully saturated rings. The van der Waals surface area contributed by atoms with E-state index < -0.39 is 19.9 Å². The second kappa shape index (κ2) is 40.5. The number of hydrogen-bond acceptors (Lipinski definition) is 7. The van der Waals surface area contributed by atoms with Crippen LogP contribution in [0.2, 0.25) is 0 Å². The van der Waals surface area contributed by atoms with E-state index in [0.717, 1.165) is 32.1 Å². The van der Waals surface area contributed by atoms with Gasteiger partial charge < -0.3 is 14.4 Å². The summed E-state index contributed by atoms with van der Waals surface area (Å²) in [6, 6.07) is 0. The zero-order valence-electron chi connectivity index (χ0n) is 34.9. The first-order valence-electron chi connectivity index (χ1n) is 22.5. The lowest BCUT2D eigenvalue weighted by Crippen LogP contribution is -2.29. The van der Waals surface area contributed by atoms with Gasteiger partial charge in [0, 0.05) is 12.8 Å². The molecule has 0 amide bonds. The molecule has 2 atom stereocenters. The van der Waals surface area contributed by atoms with Gasteiger partial charge in [-0.15, -0.1) is 0 Å². The molecule has 0 spiro atoms. The van der Waals surface area contributed by atoms with E-state index in [4.69, 9.17) is 18.5 Å². The molecule has 53 heavy (non-hydrogen) atoms. The summed E-state index contributed by atoms with van der Waals surface area (Å²) >= 11 is 0. The van der Waals surface area contributed by atoms with Gasteiger partial charge in [0.15, 0.2) is 6.10 Å². The summed E-state index contributed by atoms with van der Waals surface area (Å²) in [5.74, 6) is -0.788. The van der Waals surface area contributed by atoms with Crippen LogP contribution < -0.4 is 0 Å². The van der Waals surface area contributed by atoms with Crippen molar-refractivity contribution >= 4 is 19.8 Å². The van der Waals surface area contributed by atoms with Crippen LogP contribution in [-0.2, 0) is 32.7 Å². The fourth-order valence-corrected chi connectivity index (χ4v) is 7.26. The van der Waals surface area contributed by atoms with Crippen LogP contribution in [0.1, 0.15) is 233 Å². The van der Waals surface area contributed by atoms with Crippen molar-refractivity contribution in [2.24, 2.45) is 0 Å². The van der Waals surface area contributed by atoms with Gasteiger partial charge in [-0.2, -0.15) is 0 Å². The molecular weight excluding hydrogens is 687 g/mol. The summed E-state index contributed by atoms with van der Waals surface area (Å²) in [6.07, 6.45) is 42.6. The number of rotatable bonds is 42. The summed E-state index contributed by atoms with van der Waals surface area (Å²) in [4.78, 5) is 34.8. The third kappa shape index (κ3) is 40.3. The van der Waals surface area contributed by atoms with E-state index in [1.165, 1.54) is 161 Å². The highest BCUT2D eigenvalue weighted by molar-refractivity contribution is 7.47. The van der Waals surface area contributed by atoms with Gasteiger partial charge in [0.1, 0.15) is 6.61 Å². The molecule has 0 saturated carbocycles. The molecule has 0 heterocycles. The maximum Gasteiger partial charge on any atom is 0.472 e. The monoisotopic (exact) mass is 773 g/mol. The molecule has 0 radical (unpaired) electrons. The van der Waals surface area contributed by atoms with Crippen LogP contribution in [0.5, 0.6) is 0 Å². The molecule has 0 aliphatic rings. The van der Waals surface area contributed by atoms with Crippen LogP contribution in [0.25, 0.3) is 0 Å². The quantitative estimate of drug-likeness (QED) is 0.0283. The van der Waals surface area contributed by atoms with Gasteiger partial charge >= 0.3 is 19.8 Å². The van der Waals surface area contributed by atoms with E-state index in [-0.39, 0.29) is 32.2 Å². The predicted octanol–water partition coefficient (Wildman–Crippen LogP) is 14.1. The van der Waals surface area contributed by atoms with Crippen molar-refractivity contribution in [3.05, 3.63) is 12.2 Å².